The molecule has 0 N–H and O–H groups in total. The Morgan fingerprint density at radius 2 is 2.07 bits per heavy atom. The van der Waals surface area contributed by atoms with Gasteiger partial charge in [0.15, 0.2) is 0 Å². The first-order valence-corrected chi connectivity index (χ1v) is 4.54. The van der Waals surface area contributed by atoms with Crippen LogP contribution in [-0.4, -0.2) is 0 Å². The predicted molar refractivity (Wildman–Crippen MR) is 53.8 cm³/mol. The minimum atomic E-state index is -0.479. The number of hydrogen-bond acceptors (Lipinski definition) is 2. The van der Waals surface area contributed by atoms with Crippen molar-refractivity contribution in [1.82, 2.24) is 0 Å². The van der Waals surface area contributed by atoms with Crippen molar-refractivity contribution in [1.29, 1.82) is 5.26 Å². The molecule has 0 bridgehead atoms. The summed E-state index contributed by atoms with van der Waals surface area (Å²) in [6.07, 6.45) is 0. The van der Waals surface area contributed by atoms with Crippen molar-refractivity contribution in [3.05, 3.63) is 46.9 Å². The van der Waals surface area contributed by atoms with Crippen molar-refractivity contribution in [2.45, 2.75) is 0 Å². The number of hydrogen-bond donors (Lipinski definition) is 0. The van der Waals surface area contributed by atoms with Crippen LogP contribution in [0, 0.1) is 17.1 Å². The summed E-state index contributed by atoms with van der Waals surface area (Å²) in [4.78, 5) is 0. The van der Waals surface area contributed by atoms with Gasteiger partial charge in [-0.25, -0.2) is 4.39 Å². The lowest BCUT2D eigenvalue weighted by Gasteiger charge is -1.98. The van der Waals surface area contributed by atoms with E-state index in [2.05, 4.69) is 0 Å². The lowest BCUT2D eigenvalue weighted by Crippen LogP contribution is -1.78. The second kappa shape index (κ2) is 3.76. The molecule has 1 heterocycles. The van der Waals surface area contributed by atoms with Gasteiger partial charge in [0.05, 0.1) is 5.02 Å². The van der Waals surface area contributed by atoms with E-state index in [1.807, 2.05) is 6.07 Å². The molecule has 0 saturated heterocycles. The fraction of sp³-hybridized carbons (Fsp3) is 0. The molecular formula is C11H5ClFNO. The lowest BCUT2D eigenvalue weighted by molar-refractivity contribution is 0.567. The third-order valence-electron chi connectivity index (χ3n) is 1.92. The second-order valence-electron chi connectivity index (χ2n) is 2.90. The van der Waals surface area contributed by atoms with Gasteiger partial charge >= 0.3 is 0 Å². The average Bonchev–Trinajstić information content (AvgIpc) is 2.70. The summed E-state index contributed by atoms with van der Waals surface area (Å²) < 4.78 is 18.0. The highest BCUT2D eigenvalue weighted by Crippen LogP contribution is 2.26. The van der Waals surface area contributed by atoms with Crippen LogP contribution in [0.1, 0.15) is 5.76 Å². The minimum Gasteiger partial charge on any atom is -0.446 e. The fourth-order valence-electron chi connectivity index (χ4n) is 1.20. The average molecular weight is 222 g/mol. The molecular weight excluding hydrogens is 217 g/mol. The van der Waals surface area contributed by atoms with Crippen LogP contribution < -0.4 is 0 Å². The Kier molecular flexibility index (Phi) is 2.44. The molecule has 15 heavy (non-hydrogen) atoms. The third-order valence-corrected chi connectivity index (χ3v) is 2.21. The van der Waals surface area contributed by atoms with Gasteiger partial charge < -0.3 is 4.42 Å². The Morgan fingerprint density at radius 1 is 1.27 bits per heavy atom. The minimum absolute atomic E-state index is 0.0300. The molecule has 0 aliphatic carbocycles. The number of halogens is 2. The van der Waals surface area contributed by atoms with E-state index in [1.54, 1.807) is 18.2 Å². The Bertz CT molecular complexity index is 542. The molecule has 0 aliphatic heterocycles. The maximum atomic E-state index is 12.9. The van der Waals surface area contributed by atoms with E-state index in [0.717, 1.165) is 0 Å². The summed E-state index contributed by atoms with van der Waals surface area (Å²) in [7, 11) is 0. The van der Waals surface area contributed by atoms with Crippen LogP contribution in [0.25, 0.3) is 11.3 Å². The number of nitriles is 1. The zero-order valence-corrected chi connectivity index (χ0v) is 8.25. The van der Waals surface area contributed by atoms with E-state index in [0.29, 0.717) is 11.3 Å². The third kappa shape index (κ3) is 1.85. The molecule has 0 amide bonds. The van der Waals surface area contributed by atoms with Crippen LogP contribution in [0.3, 0.4) is 0 Å². The van der Waals surface area contributed by atoms with Crippen LogP contribution in [0.4, 0.5) is 4.39 Å². The van der Waals surface area contributed by atoms with Crippen LogP contribution in [0.15, 0.2) is 34.7 Å². The maximum Gasteiger partial charge on any atom is 0.204 e. The van der Waals surface area contributed by atoms with Crippen molar-refractivity contribution in [2.75, 3.05) is 0 Å². The first-order valence-electron chi connectivity index (χ1n) is 4.16. The van der Waals surface area contributed by atoms with Crippen molar-refractivity contribution >= 4 is 11.6 Å². The predicted octanol–water partition coefficient (Wildman–Crippen LogP) is 3.61. The highest BCUT2D eigenvalue weighted by molar-refractivity contribution is 6.31. The molecule has 74 valence electrons. The topological polar surface area (TPSA) is 36.9 Å². The normalized spacial score (nSPS) is 9.93. The molecule has 1 aromatic carbocycles. The van der Waals surface area contributed by atoms with Gasteiger partial charge in [0.2, 0.25) is 5.76 Å². The number of rotatable bonds is 1. The summed E-state index contributed by atoms with van der Waals surface area (Å²) in [5.74, 6) is 0.228. The monoisotopic (exact) mass is 221 g/mol. The highest BCUT2D eigenvalue weighted by atomic mass is 35.5. The fourth-order valence-corrected chi connectivity index (χ4v) is 1.38. The molecule has 0 spiro atoms. The van der Waals surface area contributed by atoms with Gasteiger partial charge in [-0.15, -0.1) is 0 Å². The Hall–Kier alpha value is -1.79. The molecule has 0 aliphatic rings. The summed E-state index contributed by atoms with van der Waals surface area (Å²) >= 11 is 5.62. The summed E-state index contributed by atoms with van der Waals surface area (Å²) in [5.41, 5.74) is 0.642. The smallest absolute Gasteiger partial charge is 0.204 e. The van der Waals surface area contributed by atoms with Gasteiger partial charge in [0, 0.05) is 5.56 Å². The van der Waals surface area contributed by atoms with Gasteiger partial charge in [-0.3, -0.25) is 0 Å². The van der Waals surface area contributed by atoms with E-state index < -0.39 is 5.82 Å². The standard InChI is InChI=1S/C11H5ClFNO/c12-9-5-7(1-3-10(9)13)11-4-2-8(6-14)15-11/h1-5H. The Balaban J connectivity index is 2.46. The first kappa shape index (κ1) is 9.75. The molecule has 4 heteroatoms. The lowest BCUT2D eigenvalue weighted by atomic mass is 10.2. The van der Waals surface area contributed by atoms with Gasteiger partial charge in [0.25, 0.3) is 0 Å². The molecule has 2 nitrogen and oxygen atoms in total. The molecule has 2 rings (SSSR count). The molecule has 2 aromatic rings. The molecule has 1 aromatic heterocycles. The maximum absolute atomic E-state index is 12.9. The molecule has 0 saturated carbocycles. The van der Waals surface area contributed by atoms with Gasteiger partial charge in [-0.2, -0.15) is 5.26 Å². The second-order valence-corrected chi connectivity index (χ2v) is 3.31. The summed E-state index contributed by atoms with van der Waals surface area (Å²) in [5, 5.41) is 8.60. The number of nitrogens with zero attached hydrogens (tertiary/aromatic N) is 1. The number of benzene rings is 1. The van der Waals surface area contributed by atoms with E-state index in [1.165, 1.54) is 12.1 Å². The Labute approximate surface area is 90.5 Å². The molecule has 0 fully saturated rings. The zero-order chi connectivity index (χ0) is 10.8. The summed E-state index contributed by atoms with van der Waals surface area (Å²) in [6.45, 7) is 0. The van der Waals surface area contributed by atoms with Crippen LogP contribution in [-0.2, 0) is 0 Å². The SMILES string of the molecule is N#Cc1ccc(-c2ccc(F)c(Cl)c2)o1. The quantitative estimate of drug-likeness (QED) is 0.738. The molecule has 0 unspecified atom stereocenters. The zero-order valence-electron chi connectivity index (χ0n) is 7.50. The van der Waals surface area contributed by atoms with E-state index in [-0.39, 0.29) is 10.8 Å². The van der Waals surface area contributed by atoms with E-state index in [4.69, 9.17) is 21.3 Å². The van der Waals surface area contributed by atoms with Gasteiger partial charge in [-0.05, 0) is 30.3 Å². The van der Waals surface area contributed by atoms with Crippen LogP contribution in [0.2, 0.25) is 5.02 Å². The van der Waals surface area contributed by atoms with Crippen LogP contribution in [0.5, 0.6) is 0 Å². The number of furan rings is 1. The van der Waals surface area contributed by atoms with Crippen molar-refractivity contribution < 1.29 is 8.81 Å². The molecule has 0 radical (unpaired) electrons. The van der Waals surface area contributed by atoms with Gasteiger partial charge in [0.1, 0.15) is 17.6 Å². The van der Waals surface area contributed by atoms with Crippen molar-refractivity contribution in [3.8, 4) is 17.4 Å². The van der Waals surface area contributed by atoms with E-state index in [9.17, 15) is 4.39 Å². The summed E-state index contributed by atoms with van der Waals surface area (Å²) in [6, 6.07) is 9.31. The van der Waals surface area contributed by atoms with Gasteiger partial charge in [-0.1, -0.05) is 11.6 Å². The van der Waals surface area contributed by atoms with Crippen LogP contribution >= 0.6 is 11.6 Å². The van der Waals surface area contributed by atoms with E-state index >= 15 is 0 Å². The van der Waals surface area contributed by atoms with Crippen molar-refractivity contribution in [2.24, 2.45) is 0 Å². The van der Waals surface area contributed by atoms with Crippen molar-refractivity contribution in [3.63, 3.8) is 0 Å². The Morgan fingerprint density at radius 3 is 2.67 bits per heavy atom. The highest BCUT2D eigenvalue weighted by Gasteiger charge is 2.06. The first-order chi connectivity index (χ1) is 7.20. The largest absolute Gasteiger partial charge is 0.446 e. The molecule has 0 atom stereocenters.